The third-order valence-corrected chi connectivity index (χ3v) is 4.24. The van der Waals surface area contributed by atoms with E-state index in [1.165, 1.54) is 25.8 Å². The molecule has 1 saturated heterocycles. The van der Waals surface area contributed by atoms with E-state index in [9.17, 15) is 0 Å². The van der Waals surface area contributed by atoms with Gasteiger partial charge in [-0.25, -0.2) is 0 Å². The lowest BCUT2D eigenvalue weighted by Gasteiger charge is -2.22. The van der Waals surface area contributed by atoms with Gasteiger partial charge < -0.3 is 10.6 Å². The topological polar surface area (TPSA) is 49.8 Å². The molecule has 0 amide bonds. The van der Waals surface area contributed by atoms with E-state index in [1.54, 1.807) is 0 Å². The van der Waals surface area contributed by atoms with Gasteiger partial charge in [-0.2, -0.15) is 0 Å². The Labute approximate surface area is 127 Å². The lowest BCUT2D eigenvalue weighted by Crippen LogP contribution is -2.30. The van der Waals surface area contributed by atoms with Crippen molar-refractivity contribution in [3.63, 3.8) is 0 Å². The van der Waals surface area contributed by atoms with Crippen molar-refractivity contribution in [2.24, 2.45) is 5.92 Å². The van der Waals surface area contributed by atoms with Gasteiger partial charge in [-0.1, -0.05) is 0 Å². The summed E-state index contributed by atoms with van der Waals surface area (Å²) in [5.74, 6) is 0.798. The van der Waals surface area contributed by atoms with Gasteiger partial charge in [-0.3, -0.25) is 9.97 Å². The summed E-state index contributed by atoms with van der Waals surface area (Å²) in [6, 6.07) is 4.00. The number of anilines is 1. The molecule has 0 aliphatic carbocycles. The minimum Gasteiger partial charge on any atom is -0.383 e. The van der Waals surface area contributed by atoms with Gasteiger partial charge in [0.25, 0.3) is 0 Å². The highest BCUT2D eigenvalue weighted by Crippen LogP contribution is 2.22. The zero-order valence-corrected chi connectivity index (χ0v) is 13.0. The van der Waals surface area contributed by atoms with Crippen LogP contribution in [0.15, 0.2) is 29.0 Å². The second kappa shape index (κ2) is 6.50. The number of hydrogen-bond donors (Lipinski definition) is 2. The molecule has 5 heteroatoms. The smallest absolute Gasteiger partial charge is 0.112 e. The molecule has 2 N–H and O–H groups in total. The number of pyridine rings is 2. The Morgan fingerprint density at radius 2 is 2.35 bits per heavy atom. The fourth-order valence-corrected chi connectivity index (χ4v) is 3.05. The molecule has 1 aliphatic heterocycles. The highest BCUT2D eigenvalue weighted by atomic mass is 79.9. The SMILES string of the molecule is Brc1cnc2c(NCCC3CCCNC3)ccnc2c1. The predicted molar refractivity (Wildman–Crippen MR) is 85.9 cm³/mol. The van der Waals surface area contributed by atoms with Gasteiger partial charge in [0.1, 0.15) is 5.52 Å². The minimum atomic E-state index is 0.798. The van der Waals surface area contributed by atoms with Crippen LogP contribution in [0.3, 0.4) is 0 Å². The zero-order chi connectivity index (χ0) is 13.8. The van der Waals surface area contributed by atoms with E-state index in [-0.39, 0.29) is 0 Å². The van der Waals surface area contributed by atoms with Gasteiger partial charge in [0.2, 0.25) is 0 Å². The average Bonchev–Trinajstić information content (AvgIpc) is 2.48. The van der Waals surface area contributed by atoms with Crippen molar-refractivity contribution in [3.8, 4) is 0 Å². The van der Waals surface area contributed by atoms with Crippen LogP contribution < -0.4 is 10.6 Å². The maximum atomic E-state index is 4.46. The molecule has 4 nitrogen and oxygen atoms in total. The first-order chi connectivity index (χ1) is 9.83. The second-order valence-electron chi connectivity index (χ2n) is 5.31. The molecule has 3 heterocycles. The summed E-state index contributed by atoms with van der Waals surface area (Å²) in [5.41, 5.74) is 2.94. The Kier molecular flexibility index (Phi) is 4.47. The summed E-state index contributed by atoms with van der Waals surface area (Å²) in [4.78, 5) is 8.82. The van der Waals surface area contributed by atoms with E-state index >= 15 is 0 Å². The van der Waals surface area contributed by atoms with Crippen molar-refractivity contribution in [2.45, 2.75) is 19.3 Å². The number of halogens is 1. The molecule has 1 fully saturated rings. The van der Waals surface area contributed by atoms with Crippen LogP contribution >= 0.6 is 15.9 Å². The maximum Gasteiger partial charge on any atom is 0.112 e. The van der Waals surface area contributed by atoms with Gasteiger partial charge in [-0.15, -0.1) is 0 Å². The van der Waals surface area contributed by atoms with Gasteiger partial charge in [0.15, 0.2) is 0 Å². The monoisotopic (exact) mass is 334 g/mol. The molecule has 0 spiro atoms. The molecule has 2 aromatic rings. The largest absolute Gasteiger partial charge is 0.383 e. The molecular formula is C15H19BrN4. The highest BCUT2D eigenvalue weighted by Gasteiger charge is 2.12. The summed E-state index contributed by atoms with van der Waals surface area (Å²) < 4.78 is 0.961. The molecule has 20 heavy (non-hydrogen) atoms. The molecule has 1 aliphatic rings. The Bertz CT molecular complexity index is 581. The molecule has 2 aromatic heterocycles. The van der Waals surface area contributed by atoms with Crippen LogP contribution in [0.25, 0.3) is 11.0 Å². The maximum absolute atomic E-state index is 4.46. The van der Waals surface area contributed by atoms with Crippen LogP contribution in [0.4, 0.5) is 5.69 Å². The molecule has 0 bridgehead atoms. The van der Waals surface area contributed by atoms with E-state index in [0.29, 0.717) is 0 Å². The number of hydrogen-bond acceptors (Lipinski definition) is 4. The van der Waals surface area contributed by atoms with Gasteiger partial charge in [0.05, 0.1) is 11.2 Å². The van der Waals surface area contributed by atoms with Crippen LogP contribution in [0, 0.1) is 5.92 Å². The lowest BCUT2D eigenvalue weighted by atomic mass is 9.96. The second-order valence-corrected chi connectivity index (χ2v) is 6.22. The summed E-state index contributed by atoms with van der Waals surface area (Å²) in [5, 5.41) is 6.97. The third-order valence-electron chi connectivity index (χ3n) is 3.81. The average molecular weight is 335 g/mol. The van der Waals surface area contributed by atoms with Crippen LogP contribution in [-0.2, 0) is 0 Å². The van der Waals surface area contributed by atoms with E-state index in [4.69, 9.17) is 0 Å². The quantitative estimate of drug-likeness (QED) is 0.901. The predicted octanol–water partition coefficient (Wildman–Crippen LogP) is 3.19. The number of nitrogens with zero attached hydrogens (tertiary/aromatic N) is 2. The third kappa shape index (κ3) is 3.27. The molecular weight excluding hydrogens is 316 g/mol. The van der Waals surface area contributed by atoms with E-state index in [1.807, 2.05) is 24.5 Å². The zero-order valence-electron chi connectivity index (χ0n) is 11.4. The van der Waals surface area contributed by atoms with E-state index < -0.39 is 0 Å². The summed E-state index contributed by atoms with van der Waals surface area (Å²) in [6.45, 7) is 3.32. The molecule has 1 unspecified atom stereocenters. The van der Waals surface area contributed by atoms with Crippen molar-refractivity contribution >= 4 is 32.7 Å². The van der Waals surface area contributed by atoms with Gasteiger partial charge in [-0.05, 0) is 66.3 Å². The van der Waals surface area contributed by atoms with Crippen LogP contribution in [0.1, 0.15) is 19.3 Å². The van der Waals surface area contributed by atoms with Crippen molar-refractivity contribution in [1.29, 1.82) is 0 Å². The van der Waals surface area contributed by atoms with Crippen molar-refractivity contribution in [1.82, 2.24) is 15.3 Å². The minimum absolute atomic E-state index is 0.798. The van der Waals surface area contributed by atoms with Crippen LogP contribution in [0.2, 0.25) is 0 Å². The van der Waals surface area contributed by atoms with Crippen LogP contribution in [-0.4, -0.2) is 29.6 Å². The molecule has 0 aromatic carbocycles. The van der Waals surface area contributed by atoms with E-state index in [0.717, 1.165) is 40.2 Å². The number of fused-ring (bicyclic) bond motifs is 1. The number of rotatable bonds is 4. The first kappa shape index (κ1) is 13.8. The van der Waals surface area contributed by atoms with Crippen LogP contribution in [0.5, 0.6) is 0 Å². The Hall–Kier alpha value is -1.20. The molecule has 0 radical (unpaired) electrons. The van der Waals surface area contributed by atoms with Crippen molar-refractivity contribution in [2.75, 3.05) is 25.0 Å². The Morgan fingerprint density at radius 1 is 1.40 bits per heavy atom. The normalized spacial score (nSPS) is 19.1. The fraction of sp³-hybridized carbons (Fsp3) is 0.467. The summed E-state index contributed by atoms with van der Waals surface area (Å²) >= 11 is 3.43. The van der Waals surface area contributed by atoms with E-state index in [2.05, 4.69) is 36.5 Å². The molecule has 0 saturated carbocycles. The lowest BCUT2D eigenvalue weighted by molar-refractivity contribution is 0.364. The summed E-state index contributed by atoms with van der Waals surface area (Å²) in [7, 11) is 0. The van der Waals surface area contributed by atoms with Gasteiger partial charge in [0, 0.05) is 23.4 Å². The highest BCUT2D eigenvalue weighted by molar-refractivity contribution is 9.10. The summed E-state index contributed by atoms with van der Waals surface area (Å²) in [6.07, 6.45) is 7.50. The molecule has 106 valence electrons. The Morgan fingerprint density at radius 3 is 3.20 bits per heavy atom. The molecule has 3 rings (SSSR count). The number of aromatic nitrogens is 2. The number of piperidine rings is 1. The Balaban J connectivity index is 1.65. The standard InChI is InChI=1S/C15H19BrN4/c16-12-8-14-15(20-10-12)13(4-7-19-14)18-6-3-11-2-1-5-17-9-11/h4,7-8,10-11,17H,1-3,5-6,9H2,(H,18,19). The van der Waals surface area contributed by atoms with Crippen molar-refractivity contribution in [3.05, 3.63) is 29.0 Å². The number of nitrogens with one attached hydrogen (secondary N) is 2. The van der Waals surface area contributed by atoms with Crippen molar-refractivity contribution < 1.29 is 0 Å². The van der Waals surface area contributed by atoms with Gasteiger partial charge >= 0.3 is 0 Å². The first-order valence-electron chi connectivity index (χ1n) is 7.18. The fourth-order valence-electron chi connectivity index (χ4n) is 2.73. The molecule has 1 atom stereocenters. The first-order valence-corrected chi connectivity index (χ1v) is 7.97.